The third-order valence-corrected chi connectivity index (χ3v) is 4.97. The molecule has 112 valence electrons. The first-order valence-corrected chi connectivity index (χ1v) is 8.06. The van der Waals surface area contributed by atoms with Gasteiger partial charge in [0.2, 0.25) is 10.0 Å². The average molecular weight is 377 g/mol. The van der Waals surface area contributed by atoms with Gasteiger partial charge in [0.05, 0.1) is 5.69 Å². The molecule has 0 heterocycles. The summed E-state index contributed by atoms with van der Waals surface area (Å²) in [5.41, 5.74) is 5.74. The molecule has 2 aromatic rings. The van der Waals surface area contributed by atoms with E-state index in [0.29, 0.717) is 10.0 Å². The van der Waals surface area contributed by atoms with Crippen LogP contribution in [0.4, 0.5) is 14.5 Å². The molecule has 0 unspecified atom stereocenters. The zero-order valence-electron chi connectivity index (χ0n) is 10.6. The van der Waals surface area contributed by atoms with Crippen molar-refractivity contribution in [3.8, 4) is 0 Å². The molecule has 0 aliphatic carbocycles. The molecule has 0 fully saturated rings. The molecule has 21 heavy (non-hydrogen) atoms. The van der Waals surface area contributed by atoms with Gasteiger partial charge >= 0.3 is 0 Å². The molecule has 2 rings (SSSR count). The minimum atomic E-state index is -3.92. The Bertz CT molecular complexity index is 782. The van der Waals surface area contributed by atoms with Crippen molar-refractivity contribution in [2.45, 2.75) is 11.4 Å². The van der Waals surface area contributed by atoms with Gasteiger partial charge in [0.25, 0.3) is 0 Å². The second kappa shape index (κ2) is 6.08. The Morgan fingerprint density at radius 1 is 1.10 bits per heavy atom. The lowest BCUT2D eigenvalue weighted by Crippen LogP contribution is -2.24. The van der Waals surface area contributed by atoms with Crippen LogP contribution >= 0.6 is 15.9 Å². The van der Waals surface area contributed by atoms with Crippen molar-refractivity contribution < 1.29 is 17.2 Å². The summed E-state index contributed by atoms with van der Waals surface area (Å²) in [6.45, 7) is -0.127. The summed E-state index contributed by atoms with van der Waals surface area (Å²) in [7, 11) is -3.92. The first-order valence-electron chi connectivity index (χ1n) is 5.78. The highest BCUT2D eigenvalue weighted by Crippen LogP contribution is 2.21. The molecule has 0 amide bonds. The molecule has 0 saturated heterocycles. The van der Waals surface area contributed by atoms with Gasteiger partial charge in [0.15, 0.2) is 0 Å². The molecule has 0 radical (unpaired) electrons. The normalized spacial score (nSPS) is 11.6. The maximum Gasteiger partial charge on any atom is 0.242 e. The molecular formula is C13H11BrF2N2O2S. The number of hydrogen-bond acceptors (Lipinski definition) is 3. The Morgan fingerprint density at radius 2 is 1.71 bits per heavy atom. The average Bonchev–Trinajstić information content (AvgIpc) is 2.39. The van der Waals surface area contributed by atoms with Gasteiger partial charge in [-0.15, -0.1) is 0 Å². The maximum absolute atomic E-state index is 13.1. The predicted molar refractivity (Wildman–Crippen MR) is 78.9 cm³/mol. The van der Waals surface area contributed by atoms with Crippen LogP contribution in [0.25, 0.3) is 0 Å². The van der Waals surface area contributed by atoms with Crippen molar-refractivity contribution in [1.82, 2.24) is 4.72 Å². The molecule has 0 bridgehead atoms. The molecule has 4 nitrogen and oxygen atoms in total. The molecule has 3 N–H and O–H groups in total. The van der Waals surface area contributed by atoms with Crippen LogP contribution in [0.15, 0.2) is 45.8 Å². The van der Waals surface area contributed by atoms with Gasteiger partial charge in [-0.05, 0) is 42.0 Å². The van der Waals surface area contributed by atoms with Gasteiger partial charge < -0.3 is 5.73 Å². The third-order valence-electron chi connectivity index (χ3n) is 2.72. The number of nitrogens with one attached hydrogen (secondary N) is 1. The molecule has 0 spiro atoms. The minimum Gasteiger partial charge on any atom is -0.398 e. The third kappa shape index (κ3) is 3.78. The molecule has 0 aromatic heterocycles. The Kier molecular flexibility index (Phi) is 4.60. The quantitative estimate of drug-likeness (QED) is 0.805. The number of nitrogen functional groups attached to an aromatic ring is 1. The number of benzene rings is 2. The van der Waals surface area contributed by atoms with Crippen LogP contribution in [0.5, 0.6) is 0 Å². The van der Waals surface area contributed by atoms with E-state index in [9.17, 15) is 17.2 Å². The number of hydrogen-bond donors (Lipinski definition) is 2. The van der Waals surface area contributed by atoms with Crippen molar-refractivity contribution in [2.24, 2.45) is 0 Å². The van der Waals surface area contributed by atoms with Crippen molar-refractivity contribution >= 4 is 31.6 Å². The Morgan fingerprint density at radius 3 is 2.38 bits per heavy atom. The van der Waals surface area contributed by atoms with Gasteiger partial charge in [-0.2, -0.15) is 0 Å². The lowest BCUT2D eigenvalue weighted by atomic mass is 10.2. The van der Waals surface area contributed by atoms with Gasteiger partial charge in [0.1, 0.15) is 16.5 Å². The van der Waals surface area contributed by atoms with Crippen LogP contribution in [0.1, 0.15) is 5.56 Å². The summed E-state index contributed by atoms with van der Waals surface area (Å²) in [5, 5.41) is 0. The van der Waals surface area contributed by atoms with E-state index in [-0.39, 0.29) is 17.1 Å². The van der Waals surface area contributed by atoms with E-state index in [2.05, 4.69) is 20.7 Å². The Balaban J connectivity index is 2.24. The largest absolute Gasteiger partial charge is 0.398 e. The molecule has 8 heteroatoms. The van der Waals surface area contributed by atoms with Crippen LogP contribution < -0.4 is 10.5 Å². The number of anilines is 1. The van der Waals surface area contributed by atoms with Crippen molar-refractivity contribution in [3.05, 3.63) is 58.1 Å². The van der Waals surface area contributed by atoms with Crippen LogP contribution in [-0.2, 0) is 16.6 Å². The van der Waals surface area contributed by atoms with Crippen molar-refractivity contribution in [1.29, 1.82) is 0 Å². The first-order chi connectivity index (χ1) is 9.79. The molecule has 2 aromatic carbocycles. The minimum absolute atomic E-state index is 0.127. The van der Waals surface area contributed by atoms with Crippen molar-refractivity contribution in [2.75, 3.05) is 5.73 Å². The first kappa shape index (κ1) is 15.9. The molecule has 0 atom stereocenters. The van der Waals surface area contributed by atoms with Crippen LogP contribution in [0, 0.1) is 11.6 Å². The smallest absolute Gasteiger partial charge is 0.242 e. The standard InChI is InChI=1S/C13H11BrF2N2O2S/c14-11-3-1-9(15)5-8(11)7-18-21(19,20)13-4-2-10(16)6-12(13)17/h1-6,18H,7,17H2. The monoisotopic (exact) mass is 376 g/mol. The zero-order chi connectivity index (χ0) is 15.6. The van der Waals surface area contributed by atoms with E-state index >= 15 is 0 Å². The predicted octanol–water partition coefficient (Wildman–Crippen LogP) is 2.79. The van der Waals surface area contributed by atoms with Crippen LogP contribution in [0.2, 0.25) is 0 Å². The van der Waals surface area contributed by atoms with E-state index in [1.807, 2.05) is 0 Å². The fourth-order valence-corrected chi connectivity index (χ4v) is 3.20. The van der Waals surface area contributed by atoms with Gasteiger partial charge in [-0.3, -0.25) is 0 Å². The molecule has 0 aliphatic rings. The Hall–Kier alpha value is -1.51. The highest BCUT2D eigenvalue weighted by molar-refractivity contribution is 9.10. The topological polar surface area (TPSA) is 72.2 Å². The summed E-state index contributed by atoms with van der Waals surface area (Å²) in [4.78, 5) is -0.226. The summed E-state index contributed by atoms with van der Waals surface area (Å²) in [6, 6.07) is 6.94. The highest BCUT2D eigenvalue weighted by atomic mass is 79.9. The second-order valence-corrected chi connectivity index (χ2v) is 6.83. The Labute approximate surface area is 129 Å². The van der Waals surface area contributed by atoms with Crippen LogP contribution in [-0.4, -0.2) is 8.42 Å². The fraction of sp³-hybridized carbons (Fsp3) is 0.0769. The molecule has 0 saturated carbocycles. The van der Waals surface area contributed by atoms with Gasteiger partial charge in [-0.1, -0.05) is 15.9 Å². The van der Waals surface area contributed by atoms with E-state index < -0.39 is 21.7 Å². The van der Waals surface area contributed by atoms with Gasteiger partial charge in [0, 0.05) is 11.0 Å². The molecular weight excluding hydrogens is 366 g/mol. The zero-order valence-corrected chi connectivity index (χ0v) is 13.0. The van der Waals surface area contributed by atoms with E-state index in [0.717, 1.165) is 18.2 Å². The lowest BCUT2D eigenvalue weighted by molar-refractivity contribution is 0.579. The summed E-state index contributed by atoms with van der Waals surface area (Å²) >= 11 is 3.20. The summed E-state index contributed by atoms with van der Waals surface area (Å²) in [6.07, 6.45) is 0. The number of halogens is 3. The SMILES string of the molecule is Nc1cc(F)ccc1S(=O)(=O)NCc1cc(F)ccc1Br. The number of rotatable bonds is 4. The van der Waals surface area contributed by atoms with Crippen molar-refractivity contribution in [3.63, 3.8) is 0 Å². The van der Waals surface area contributed by atoms with E-state index in [4.69, 9.17) is 5.73 Å². The van der Waals surface area contributed by atoms with E-state index in [1.165, 1.54) is 18.2 Å². The lowest BCUT2D eigenvalue weighted by Gasteiger charge is -2.10. The summed E-state index contributed by atoms with van der Waals surface area (Å²) in [5.74, 6) is -1.10. The van der Waals surface area contributed by atoms with E-state index in [1.54, 1.807) is 0 Å². The maximum atomic E-state index is 13.1. The number of sulfonamides is 1. The van der Waals surface area contributed by atoms with Crippen LogP contribution in [0.3, 0.4) is 0 Å². The number of nitrogens with two attached hydrogens (primary N) is 1. The highest BCUT2D eigenvalue weighted by Gasteiger charge is 2.18. The van der Waals surface area contributed by atoms with Gasteiger partial charge in [-0.25, -0.2) is 21.9 Å². The fourth-order valence-electron chi connectivity index (χ4n) is 1.69. The summed E-state index contributed by atoms with van der Waals surface area (Å²) < 4.78 is 53.2. The molecule has 0 aliphatic heterocycles. The second-order valence-electron chi connectivity index (χ2n) is 4.24.